The van der Waals surface area contributed by atoms with Crippen molar-refractivity contribution in [3.63, 3.8) is 0 Å². The summed E-state index contributed by atoms with van der Waals surface area (Å²) in [6.07, 6.45) is 1.88. The van der Waals surface area contributed by atoms with Crippen molar-refractivity contribution < 1.29 is 9.31 Å². The Balaban J connectivity index is 2.11. The SMILES string of the molecule is CC1(C)OB(/C=C(/CCCCl)[Si](C)(c2ccccc2)c2ccccc2)OC1(C)C. The molecule has 0 radical (unpaired) electrons. The highest BCUT2D eigenvalue weighted by atomic mass is 35.5. The summed E-state index contributed by atoms with van der Waals surface area (Å²) in [5.41, 5.74) is -0.688. The molecular formula is C24H32BClO2Si. The zero-order chi connectivity index (χ0) is 21.1. The highest BCUT2D eigenvalue weighted by molar-refractivity contribution is 7.06. The van der Waals surface area contributed by atoms with E-state index in [0.717, 1.165) is 12.8 Å². The van der Waals surface area contributed by atoms with Gasteiger partial charge in [-0.1, -0.05) is 78.4 Å². The monoisotopic (exact) mass is 426 g/mol. The fourth-order valence-electron chi connectivity index (χ4n) is 3.96. The van der Waals surface area contributed by atoms with Crippen molar-refractivity contribution in [1.82, 2.24) is 0 Å². The quantitative estimate of drug-likeness (QED) is 0.458. The summed E-state index contributed by atoms with van der Waals surface area (Å²) in [6.45, 7) is 10.8. The van der Waals surface area contributed by atoms with Crippen LogP contribution in [0.5, 0.6) is 0 Å². The zero-order valence-electron chi connectivity index (χ0n) is 18.2. The lowest BCUT2D eigenvalue weighted by Gasteiger charge is -2.32. The average Bonchev–Trinajstić information content (AvgIpc) is 2.92. The molecule has 0 aliphatic carbocycles. The molecule has 0 unspecified atom stereocenters. The molecular weight excluding hydrogens is 395 g/mol. The number of allylic oxidation sites excluding steroid dienone is 1. The number of rotatable bonds is 7. The third-order valence-electron chi connectivity index (χ3n) is 6.53. The first-order valence-electron chi connectivity index (χ1n) is 10.4. The number of alkyl halides is 1. The summed E-state index contributed by atoms with van der Waals surface area (Å²) < 4.78 is 12.7. The van der Waals surface area contributed by atoms with Gasteiger partial charge in [0, 0.05) is 5.88 Å². The van der Waals surface area contributed by atoms with Crippen molar-refractivity contribution in [1.29, 1.82) is 0 Å². The van der Waals surface area contributed by atoms with E-state index in [2.05, 4.69) is 101 Å². The molecule has 2 aromatic carbocycles. The summed E-state index contributed by atoms with van der Waals surface area (Å²) >= 11 is 6.12. The van der Waals surface area contributed by atoms with Crippen molar-refractivity contribution in [2.24, 2.45) is 0 Å². The molecule has 0 spiro atoms. The van der Waals surface area contributed by atoms with Gasteiger partial charge in [-0.15, -0.1) is 11.6 Å². The third kappa shape index (κ3) is 4.56. The fraction of sp³-hybridized carbons (Fsp3) is 0.417. The van der Waals surface area contributed by atoms with Gasteiger partial charge in [-0.3, -0.25) is 0 Å². The summed E-state index contributed by atoms with van der Waals surface area (Å²) in [5.74, 6) is 2.89. The van der Waals surface area contributed by atoms with Crippen molar-refractivity contribution in [3.8, 4) is 0 Å². The lowest BCUT2D eigenvalue weighted by molar-refractivity contribution is 0.00578. The van der Waals surface area contributed by atoms with E-state index in [9.17, 15) is 0 Å². The summed E-state index contributed by atoms with van der Waals surface area (Å²) in [7, 11) is -2.53. The molecule has 0 aromatic heterocycles. The smallest absolute Gasteiger partial charge is 0.400 e. The summed E-state index contributed by atoms with van der Waals surface area (Å²) in [5, 5.41) is 4.20. The van der Waals surface area contributed by atoms with Crippen LogP contribution in [0.2, 0.25) is 6.55 Å². The predicted molar refractivity (Wildman–Crippen MR) is 128 cm³/mol. The normalized spacial score (nSPS) is 18.8. The van der Waals surface area contributed by atoms with Gasteiger partial charge in [-0.2, -0.15) is 0 Å². The molecule has 1 fully saturated rings. The van der Waals surface area contributed by atoms with Gasteiger partial charge < -0.3 is 9.31 Å². The lowest BCUT2D eigenvalue weighted by atomic mass is 9.89. The fourth-order valence-corrected chi connectivity index (χ4v) is 8.03. The van der Waals surface area contributed by atoms with Crippen molar-refractivity contribution in [2.75, 3.05) is 5.88 Å². The molecule has 1 aliphatic rings. The number of hydrogen-bond acceptors (Lipinski definition) is 2. The minimum atomic E-state index is -2.19. The lowest BCUT2D eigenvalue weighted by Crippen LogP contribution is -2.58. The van der Waals surface area contributed by atoms with Gasteiger partial charge >= 0.3 is 7.12 Å². The molecule has 0 N–H and O–H groups in total. The van der Waals surface area contributed by atoms with E-state index in [0.29, 0.717) is 5.88 Å². The molecule has 0 atom stereocenters. The molecule has 1 aliphatic heterocycles. The van der Waals surface area contributed by atoms with Gasteiger partial charge in [0.25, 0.3) is 0 Å². The van der Waals surface area contributed by atoms with Crippen molar-refractivity contribution >= 4 is 37.2 Å². The van der Waals surface area contributed by atoms with Crippen LogP contribution in [0.4, 0.5) is 0 Å². The Morgan fingerprint density at radius 2 is 1.34 bits per heavy atom. The first kappa shape index (κ1) is 22.4. The largest absolute Gasteiger partial charge is 0.486 e. The molecule has 2 nitrogen and oxygen atoms in total. The second-order valence-corrected chi connectivity index (χ2v) is 13.4. The second-order valence-electron chi connectivity index (χ2n) is 8.97. The molecule has 1 saturated heterocycles. The minimum absolute atomic E-state index is 0.343. The molecule has 1 heterocycles. The van der Waals surface area contributed by atoms with Gasteiger partial charge in [-0.25, -0.2) is 0 Å². The Morgan fingerprint density at radius 1 is 0.897 bits per heavy atom. The van der Waals surface area contributed by atoms with E-state index < -0.39 is 8.07 Å². The Hall–Kier alpha value is -1.33. The average molecular weight is 427 g/mol. The van der Waals surface area contributed by atoms with Gasteiger partial charge in [0.15, 0.2) is 0 Å². The number of halogens is 1. The Bertz CT molecular complexity index is 781. The first-order chi connectivity index (χ1) is 13.7. The zero-order valence-corrected chi connectivity index (χ0v) is 20.0. The second kappa shape index (κ2) is 8.81. The summed E-state index contributed by atoms with van der Waals surface area (Å²) in [4.78, 5) is 0. The highest BCUT2D eigenvalue weighted by Crippen LogP contribution is 2.38. The van der Waals surface area contributed by atoms with E-state index in [-0.39, 0.29) is 18.3 Å². The van der Waals surface area contributed by atoms with E-state index in [1.807, 2.05) is 0 Å². The maximum Gasteiger partial charge on any atom is 0.486 e. The van der Waals surface area contributed by atoms with Crippen LogP contribution in [0.15, 0.2) is 71.8 Å². The standard InChI is InChI=1S/C24H32BClO2Si/c1-23(2)24(3,4)28-25(27-23)19-22(17-12-18-26)29(5,20-13-8-6-9-14-20)21-15-10-7-11-16-21/h6-11,13-16,19H,12,17-18H2,1-5H3/b22-19-. The molecule has 0 saturated carbocycles. The van der Waals surface area contributed by atoms with Crippen LogP contribution in [-0.2, 0) is 9.31 Å². The van der Waals surface area contributed by atoms with Crippen LogP contribution >= 0.6 is 11.6 Å². The van der Waals surface area contributed by atoms with Crippen LogP contribution in [0, 0.1) is 0 Å². The number of hydrogen-bond donors (Lipinski definition) is 0. The molecule has 3 rings (SSSR count). The maximum atomic E-state index is 6.33. The van der Waals surface area contributed by atoms with E-state index in [1.54, 1.807) is 0 Å². The first-order valence-corrected chi connectivity index (χ1v) is 13.5. The van der Waals surface area contributed by atoms with E-state index >= 15 is 0 Å². The van der Waals surface area contributed by atoms with Crippen molar-refractivity contribution in [2.45, 2.75) is 58.3 Å². The third-order valence-corrected chi connectivity index (χ3v) is 11.5. The molecule has 154 valence electrons. The highest BCUT2D eigenvalue weighted by Gasteiger charge is 2.51. The number of benzene rings is 2. The van der Waals surface area contributed by atoms with Gasteiger partial charge in [-0.05, 0) is 50.9 Å². The van der Waals surface area contributed by atoms with E-state index in [4.69, 9.17) is 20.9 Å². The minimum Gasteiger partial charge on any atom is -0.400 e. The summed E-state index contributed by atoms with van der Waals surface area (Å²) in [6, 6.07) is 21.8. The Morgan fingerprint density at radius 3 is 1.76 bits per heavy atom. The Kier molecular flexibility index (Phi) is 6.79. The van der Waals surface area contributed by atoms with Gasteiger partial charge in [0.05, 0.1) is 11.2 Å². The topological polar surface area (TPSA) is 18.5 Å². The van der Waals surface area contributed by atoms with Crippen LogP contribution in [0.1, 0.15) is 40.5 Å². The molecule has 0 amide bonds. The van der Waals surface area contributed by atoms with Crippen LogP contribution in [0.25, 0.3) is 0 Å². The van der Waals surface area contributed by atoms with Crippen molar-refractivity contribution in [3.05, 3.63) is 71.8 Å². The molecule has 29 heavy (non-hydrogen) atoms. The van der Waals surface area contributed by atoms with Gasteiger partial charge in [0.2, 0.25) is 0 Å². The molecule has 2 aromatic rings. The molecule has 0 bridgehead atoms. The van der Waals surface area contributed by atoms with Crippen LogP contribution in [0.3, 0.4) is 0 Å². The van der Waals surface area contributed by atoms with E-state index in [1.165, 1.54) is 15.6 Å². The van der Waals surface area contributed by atoms with Gasteiger partial charge in [0.1, 0.15) is 8.07 Å². The maximum absolute atomic E-state index is 6.33. The predicted octanol–water partition coefficient (Wildman–Crippen LogP) is 5.00. The van der Waals surface area contributed by atoms with Crippen LogP contribution in [-0.4, -0.2) is 32.3 Å². The Labute approximate surface area is 182 Å². The van der Waals surface area contributed by atoms with Crippen LogP contribution < -0.4 is 10.4 Å². The molecule has 5 heteroatoms.